The smallest absolute Gasteiger partial charge is 0.0737 e. The SMILES string of the molecule is CC(C)c1ccc(-c2c3nc(c(-c4ccc(C(C)C)cc4)c4[nH]c(c(-c5ccc(C(C)C)cc5)c5nc(c(-c6ccc(C(C)C)cc6)c6ccc2[nH]6)C=C5)c2cc(Br)c(Br)cc42)C=C3)cc1. The lowest BCUT2D eigenvalue weighted by molar-refractivity contribution is 0.867. The van der Waals surface area contributed by atoms with E-state index in [9.17, 15) is 0 Å². The van der Waals surface area contributed by atoms with Crippen LogP contribution in [0.25, 0.3) is 102 Å². The van der Waals surface area contributed by atoms with Crippen molar-refractivity contribution < 1.29 is 0 Å². The molecular formula is C60H54Br2N4. The quantitative estimate of drug-likeness (QED) is 0.159. The fourth-order valence-electron chi connectivity index (χ4n) is 9.44. The van der Waals surface area contributed by atoms with Gasteiger partial charge in [-0.1, -0.05) is 152 Å². The first-order valence-electron chi connectivity index (χ1n) is 23.2. The highest BCUT2D eigenvalue weighted by molar-refractivity contribution is 9.13. The molecule has 5 aromatic carbocycles. The summed E-state index contributed by atoms with van der Waals surface area (Å²) in [5.74, 6) is 1.64. The largest absolute Gasteiger partial charge is 0.354 e. The number of H-pyrrole nitrogens is 2. The van der Waals surface area contributed by atoms with E-state index in [1.54, 1.807) is 0 Å². The number of halogens is 2. The number of nitrogens with zero attached hydrogens (tertiary/aromatic N) is 2. The highest BCUT2D eigenvalue weighted by atomic mass is 79.9. The van der Waals surface area contributed by atoms with Crippen LogP contribution in [0.4, 0.5) is 0 Å². The van der Waals surface area contributed by atoms with Crippen molar-refractivity contribution in [3.05, 3.63) is 175 Å². The number of fused-ring (bicyclic) bond motifs is 11. The minimum Gasteiger partial charge on any atom is -0.354 e. The fraction of sp³-hybridized carbons (Fsp3) is 0.200. The molecule has 0 radical (unpaired) electrons. The van der Waals surface area contributed by atoms with Crippen LogP contribution in [0, 0.1) is 0 Å². The minimum atomic E-state index is 0.402. The number of aromatic amines is 2. The monoisotopic (exact) mass is 988 g/mol. The Morgan fingerprint density at radius 3 is 0.909 bits per heavy atom. The molecule has 66 heavy (non-hydrogen) atoms. The summed E-state index contributed by atoms with van der Waals surface area (Å²) in [6.45, 7) is 17.9. The Kier molecular flexibility index (Phi) is 11.7. The van der Waals surface area contributed by atoms with Gasteiger partial charge in [-0.3, -0.25) is 0 Å². The first-order chi connectivity index (χ1) is 31.8. The predicted octanol–water partition coefficient (Wildman–Crippen LogP) is 18.5. The van der Waals surface area contributed by atoms with Crippen molar-refractivity contribution in [2.24, 2.45) is 0 Å². The Labute approximate surface area is 405 Å². The van der Waals surface area contributed by atoms with Crippen LogP contribution < -0.4 is 0 Å². The number of nitrogens with one attached hydrogen (secondary N) is 2. The van der Waals surface area contributed by atoms with E-state index < -0.39 is 0 Å². The summed E-state index contributed by atoms with van der Waals surface area (Å²) in [4.78, 5) is 19.3. The van der Waals surface area contributed by atoms with Gasteiger partial charge in [-0.25, -0.2) is 9.97 Å². The van der Waals surface area contributed by atoms with Gasteiger partial charge >= 0.3 is 0 Å². The molecule has 5 heterocycles. The zero-order valence-electron chi connectivity index (χ0n) is 38.8. The topological polar surface area (TPSA) is 57.4 Å². The molecule has 8 aromatic rings. The van der Waals surface area contributed by atoms with E-state index in [0.717, 1.165) is 109 Å². The van der Waals surface area contributed by atoms with Gasteiger partial charge in [-0.15, -0.1) is 0 Å². The number of benzene rings is 5. The van der Waals surface area contributed by atoms with E-state index in [1.807, 2.05) is 0 Å². The molecule has 6 heteroatoms. The molecule has 0 saturated heterocycles. The maximum Gasteiger partial charge on any atom is 0.0737 e. The molecule has 328 valence electrons. The van der Waals surface area contributed by atoms with Crippen molar-refractivity contribution in [1.82, 2.24) is 19.9 Å². The van der Waals surface area contributed by atoms with Gasteiger partial charge in [-0.2, -0.15) is 0 Å². The van der Waals surface area contributed by atoms with Crippen molar-refractivity contribution in [2.45, 2.75) is 79.1 Å². The molecule has 2 aliphatic rings. The molecule has 0 unspecified atom stereocenters. The lowest BCUT2D eigenvalue weighted by Gasteiger charge is -2.10. The van der Waals surface area contributed by atoms with Crippen molar-refractivity contribution >= 4 is 89.0 Å². The second-order valence-corrected chi connectivity index (χ2v) is 20.7. The summed E-state index contributed by atoms with van der Waals surface area (Å²) in [7, 11) is 0. The zero-order chi connectivity index (χ0) is 46.0. The second kappa shape index (κ2) is 17.6. The van der Waals surface area contributed by atoms with Gasteiger partial charge in [0, 0.05) is 53.0 Å². The van der Waals surface area contributed by atoms with Crippen molar-refractivity contribution in [3.8, 4) is 44.5 Å². The third-order valence-electron chi connectivity index (χ3n) is 13.3. The van der Waals surface area contributed by atoms with Crippen molar-refractivity contribution in [1.29, 1.82) is 0 Å². The van der Waals surface area contributed by atoms with Gasteiger partial charge in [0.25, 0.3) is 0 Å². The summed E-state index contributed by atoms with van der Waals surface area (Å²) < 4.78 is 1.95. The van der Waals surface area contributed by atoms with Gasteiger partial charge in [0.1, 0.15) is 0 Å². The molecule has 8 bridgehead atoms. The molecule has 0 fully saturated rings. The summed E-state index contributed by atoms with van der Waals surface area (Å²) in [6, 6.07) is 45.0. The van der Waals surface area contributed by atoms with Crippen LogP contribution in [0.2, 0.25) is 0 Å². The first-order valence-corrected chi connectivity index (χ1v) is 24.8. The third-order valence-corrected chi connectivity index (χ3v) is 15.2. The van der Waals surface area contributed by atoms with E-state index >= 15 is 0 Å². The first kappa shape index (κ1) is 43.8. The van der Waals surface area contributed by atoms with Gasteiger partial charge < -0.3 is 9.97 Å². The van der Waals surface area contributed by atoms with Crippen LogP contribution in [-0.2, 0) is 0 Å². The van der Waals surface area contributed by atoms with Crippen LogP contribution in [0.15, 0.2) is 130 Å². The molecule has 0 amide bonds. The summed E-state index contributed by atoms with van der Waals surface area (Å²) in [6.07, 6.45) is 8.77. The van der Waals surface area contributed by atoms with Crippen molar-refractivity contribution in [2.75, 3.05) is 0 Å². The molecule has 0 spiro atoms. The minimum absolute atomic E-state index is 0.402. The third kappa shape index (κ3) is 8.02. The highest BCUT2D eigenvalue weighted by Crippen LogP contribution is 2.44. The average Bonchev–Trinajstić information content (AvgIpc) is 4.15. The van der Waals surface area contributed by atoms with Crippen LogP contribution in [0.1, 0.15) is 124 Å². The molecule has 4 nitrogen and oxygen atoms in total. The van der Waals surface area contributed by atoms with E-state index in [-0.39, 0.29) is 0 Å². The molecule has 2 N–H and O–H groups in total. The van der Waals surface area contributed by atoms with Gasteiger partial charge in [-0.05, 0) is 149 Å². The zero-order valence-corrected chi connectivity index (χ0v) is 42.0. The maximum atomic E-state index is 5.64. The molecule has 0 aliphatic carbocycles. The standard InChI is InChI=1S/C60H54Br2N4/c1-33(2)37-9-17-41(18-10-37)55-49-25-26-50(63-49)56(42-19-11-38(12-20-42)34(3)4)52-28-30-54(65-52)58(44-23-15-40(16-24-44)36(7)8)60-46-32-48(62)47(61)31-45(46)59(66-60)57(53-29-27-51(55)64-53)43-21-13-39(14-22-43)35(5)6/h9-36,63,66H,1-8H3. The number of rotatable bonds is 8. The number of aromatic nitrogens is 4. The highest BCUT2D eigenvalue weighted by Gasteiger charge is 2.22. The van der Waals surface area contributed by atoms with Crippen LogP contribution in [-0.4, -0.2) is 19.9 Å². The molecule has 0 atom stereocenters. The Morgan fingerprint density at radius 1 is 0.348 bits per heavy atom. The van der Waals surface area contributed by atoms with Crippen LogP contribution in [0.3, 0.4) is 0 Å². The Morgan fingerprint density at radius 2 is 0.621 bits per heavy atom. The summed E-state index contributed by atoms with van der Waals surface area (Å²) in [5, 5.41) is 2.17. The van der Waals surface area contributed by atoms with E-state index in [1.165, 1.54) is 22.3 Å². The Hall–Kier alpha value is -6.08. The Bertz CT molecular complexity index is 3170. The number of hydrogen-bond acceptors (Lipinski definition) is 2. The van der Waals surface area contributed by atoms with Crippen molar-refractivity contribution in [3.63, 3.8) is 0 Å². The normalized spacial score (nSPS) is 12.5. The van der Waals surface area contributed by atoms with Gasteiger partial charge in [0.2, 0.25) is 0 Å². The summed E-state index contributed by atoms with van der Waals surface area (Å²) in [5.41, 5.74) is 21.2. The molecule has 10 rings (SSSR count). The molecular weight excluding hydrogens is 936 g/mol. The van der Waals surface area contributed by atoms with Gasteiger partial charge in [0.15, 0.2) is 0 Å². The summed E-state index contributed by atoms with van der Waals surface area (Å²) >= 11 is 7.83. The van der Waals surface area contributed by atoms with E-state index in [2.05, 4.69) is 243 Å². The van der Waals surface area contributed by atoms with E-state index in [4.69, 9.17) is 9.97 Å². The molecule has 3 aromatic heterocycles. The fourth-order valence-corrected chi connectivity index (χ4v) is 10.1. The van der Waals surface area contributed by atoms with E-state index in [0.29, 0.717) is 23.7 Å². The second-order valence-electron chi connectivity index (χ2n) is 19.0. The average molecular weight is 991 g/mol. The maximum absolute atomic E-state index is 5.64. The predicted molar refractivity (Wildman–Crippen MR) is 290 cm³/mol. The lowest BCUT2D eigenvalue weighted by Crippen LogP contribution is -1.92. The van der Waals surface area contributed by atoms with Crippen LogP contribution >= 0.6 is 31.9 Å². The van der Waals surface area contributed by atoms with Crippen LogP contribution in [0.5, 0.6) is 0 Å². The Balaban J connectivity index is 1.43. The molecule has 2 aliphatic heterocycles. The lowest BCUT2D eigenvalue weighted by atomic mass is 9.96. The van der Waals surface area contributed by atoms with Gasteiger partial charge in [0.05, 0.1) is 33.8 Å². The number of hydrogen-bond donors (Lipinski definition) is 2. The molecule has 0 saturated carbocycles.